The standard InChI is InChI=1S/C11H11ClN2/c1-7(13)8-4-5-10(12)9-3-2-6-14-11(8)9/h2-7H,13H2,1H3. The van der Waals surface area contributed by atoms with Gasteiger partial charge < -0.3 is 5.73 Å². The molecule has 0 amide bonds. The van der Waals surface area contributed by atoms with Crippen molar-refractivity contribution in [2.75, 3.05) is 0 Å². The Hall–Kier alpha value is -1.12. The molecule has 0 aliphatic rings. The molecule has 14 heavy (non-hydrogen) atoms. The molecule has 1 unspecified atom stereocenters. The highest BCUT2D eigenvalue weighted by molar-refractivity contribution is 6.35. The first-order valence-electron chi connectivity index (χ1n) is 4.49. The molecule has 0 fully saturated rings. The van der Waals surface area contributed by atoms with Gasteiger partial charge in [-0.15, -0.1) is 0 Å². The summed E-state index contributed by atoms with van der Waals surface area (Å²) in [6.07, 6.45) is 1.75. The van der Waals surface area contributed by atoms with E-state index < -0.39 is 0 Å². The number of pyridine rings is 1. The Bertz CT molecular complexity index is 466. The maximum atomic E-state index is 6.05. The number of nitrogens with zero attached hydrogens (tertiary/aromatic N) is 1. The van der Waals surface area contributed by atoms with Crippen molar-refractivity contribution in [3.05, 3.63) is 41.0 Å². The fraction of sp³-hybridized carbons (Fsp3) is 0.182. The first kappa shape index (κ1) is 9.44. The molecular weight excluding hydrogens is 196 g/mol. The van der Waals surface area contributed by atoms with Crippen LogP contribution in [0.25, 0.3) is 10.9 Å². The van der Waals surface area contributed by atoms with Crippen molar-refractivity contribution in [2.24, 2.45) is 5.73 Å². The lowest BCUT2D eigenvalue weighted by molar-refractivity contribution is 0.824. The smallest absolute Gasteiger partial charge is 0.0764 e. The Balaban J connectivity index is 2.82. The van der Waals surface area contributed by atoms with Gasteiger partial charge in [-0.1, -0.05) is 17.7 Å². The molecule has 2 N–H and O–H groups in total. The van der Waals surface area contributed by atoms with Gasteiger partial charge in [0.2, 0.25) is 0 Å². The van der Waals surface area contributed by atoms with Crippen molar-refractivity contribution in [1.29, 1.82) is 0 Å². The molecule has 0 spiro atoms. The van der Waals surface area contributed by atoms with Crippen LogP contribution in [0.3, 0.4) is 0 Å². The minimum absolute atomic E-state index is 0.0235. The molecule has 0 saturated carbocycles. The Kier molecular flexibility index (Phi) is 2.40. The number of hydrogen-bond donors (Lipinski definition) is 1. The van der Waals surface area contributed by atoms with E-state index in [0.29, 0.717) is 0 Å². The van der Waals surface area contributed by atoms with Gasteiger partial charge in [0.25, 0.3) is 0 Å². The van der Waals surface area contributed by atoms with Gasteiger partial charge in [-0.3, -0.25) is 4.98 Å². The molecule has 1 aromatic carbocycles. The maximum Gasteiger partial charge on any atom is 0.0764 e. The average molecular weight is 207 g/mol. The second-order valence-corrected chi connectivity index (χ2v) is 3.73. The van der Waals surface area contributed by atoms with Gasteiger partial charge in [0.05, 0.1) is 5.52 Å². The zero-order chi connectivity index (χ0) is 10.1. The monoisotopic (exact) mass is 206 g/mol. The first-order valence-corrected chi connectivity index (χ1v) is 4.86. The third kappa shape index (κ3) is 1.47. The van der Waals surface area contributed by atoms with Crippen LogP contribution in [0.5, 0.6) is 0 Å². The molecule has 0 radical (unpaired) electrons. The number of nitrogens with two attached hydrogens (primary N) is 1. The van der Waals surface area contributed by atoms with E-state index in [-0.39, 0.29) is 6.04 Å². The van der Waals surface area contributed by atoms with E-state index in [4.69, 9.17) is 17.3 Å². The zero-order valence-electron chi connectivity index (χ0n) is 7.87. The average Bonchev–Trinajstić information content (AvgIpc) is 2.18. The van der Waals surface area contributed by atoms with Crippen LogP contribution in [0.2, 0.25) is 5.02 Å². The molecular formula is C11H11ClN2. The van der Waals surface area contributed by atoms with Crippen LogP contribution >= 0.6 is 11.6 Å². The van der Waals surface area contributed by atoms with E-state index in [2.05, 4.69) is 4.98 Å². The lowest BCUT2D eigenvalue weighted by atomic mass is 10.0. The van der Waals surface area contributed by atoms with E-state index >= 15 is 0 Å². The fourth-order valence-corrected chi connectivity index (χ4v) is 1.74. The molecule has 2 aromatic rings. The highest BCUT2D eigenvalue weighted by Crippen LogP contribution is 2.27. The summed E-state index contributed by atoms with van der Waals surface area (Å²) in [6.45, 7) is 1.94. The van der Waals surface area contributed by atoms with E-state index in [1.165, 1.54) is 0 Å². The molecule has 0 aliphatic carbocycles. The van der Waals surface area contributed by atoms with Gasteiger partial charge in [0, 0.05) is 22.6 Å². The summed E-state index contributed by atoms with van der Waals surface area (Å²) in [5.41, 5.74) is 7.78. The van der Waals surface area contributed by atoms with E-state index in [9.17, 15) is 0 Å². The van der Waals surface area contributed by atoms with Crippen LogP contribution < -0.4 is 5.73 Å². The van der Waals surface area contributed by atoms with Gasteiger partial charge in [-0.05, 0) is 30.7 Å². The SMILES string of the molecule is CC(N)c1ccc(Cl)c2cccnc12. The normalized spacial score (nSPS) is 13.1. The van der Waals surface area contributed by atoms with Gasteiger partial charge >= 0.3 is 0 Å². The minimum Gasteiger partial charge on any atom is -0.324 e. The van der Waals surface area contributed by atoms with Crippen LogP contribution in [-0.2, 0) is 0 Å². The largest absolute Gasteiger partial charge is 0.324 e. The Morgan fingerprint density at radius 3 is 2.86 bits per heavy atom. The second-order valence-electron chi connectivity index (χ2n) is 3.32. The van der Waals surface area contributed by atoms with Crippen molar-refractivity contribution in [1.82, 2.24) is 4.98 Å². The third-order valence-electron chi connectivity index (χ3n) is 2.24. The van der Waals surface area contributed by atoms with E-state index in [1.807, 2.05) is 31.2 Å². The topological polar surface area (TPSA) is 38.9 Å². The number of rotatable bonds is 1. The molecule has 0 bridgehead atoms. The summed E-state index contributed by atoms with van der Waals surface area (Å²) < 4.78 is 0. The third-order valence-corrected chi connectivity index (χ3v) is 2.57. The van der Waals surface area contributed by atoms with Crippen LogP contribution in [0.1, 0.15) is 18.5 Å². The molecule has 2 rings (SSSR count). The number of aromatic nitrogens is 1. The molecule has 0 aliphatic heterocycles. The summed E-state index contributed by atoms with van der Waals surface area (Å²) >= 11 is 6.05. The van der Waals surface area contributed by atoms with Gasteiger partial charge in [-0.2, -0.15) is 0 Å². The van der Waals surface area contributed by atoms with Crippen LogP contribution in [0.15, 0.2) is 30.5 Å². The summed E-state index contributed by atoms with van der Waals surface area (Å²) in [7, 11) is 0. The first-order chi connectivity index (χ1) is 6.70. The summed E-state index contributed by atoms with van der Waals surface area (Å²) in [5.74, 6) is 0. The van der Waals surface area contributed by atoms with Crippen LogP contribution in [0.4, 0.5) is 0 Å². The summed E-state index contributed by atoms with van der Waals surface area (Å²) in [5, 5.41) is 1.68. The van der Waals surface area contributed by atoms with Gasteiger partial charge in [0.15, 0.2) is 0 Å². The van der Waals surface area contributed by atoms with Crippen molar-refractivity contribution in [2.45, 2.75) is 13.0 Å². The summed E-state index contributed by atoms with van der Waals surface area (Å²) in [6, 6.07) is 7.60. The van der Waals surface area contributed by atoms with Crippen molar-refractivity contribution >= 4 is 22.5 Å². The number of benzene rings is 1. The maximum absolute atomic E-state index is 6.05. The van der Waals surface area contributed by atoms with Crippen LogP contribution in [-0.4, -0.2) is 4.98 Å². The minimum atomic E-state index is -0.0235. The van der Waals surface area contributed by atoms with Gasteiger partial charge in [0.1, 0.15) is 0 Å². The second kappa shape index (κ2) is 3.56. The molecule has 1 atom stereocenters. The Morgan fingerprint density at radius 2 is 2.14 bits per heavy atom. The number of hydrogen-bond acceptors (Lipinski definition) is 2. The molecule has 72 valence electrons. The fourth-order valence-electron chi connectivity index (χ4n) is 1.53. The van der Waals surface area contributed by atoms with E-state index in [1.54, 1.807) is 6.20 Å². The van der Waals surface area contributed by atoms with Crippen molar-refractivity contribution < 1.29 is 0 Å². The number of fused-ring (bicyclic) bond motifs is 1. The highest BCUT2D eigenvalue weighted by atomic mass is 35.5. The predicted octanol–water partition coefficient (Wildman–Crippen LogP) is 2.91. The van der Waals surface area contributed by atoms with Crippen molar-refractivity contribution in [3.8, 4) is 0 Å². The summed E-state index contributed by atoms with van der Waals surface area (Å²) in [4.78, 5) is 4.30. The van der Waals surface area contributed by atoms with Crippen molar-refractivity contribution in [3.63, 3.8) is 0 Å². The lowest BCUT2D eigenvalue weighted by Gasteiger charge is -2.09. The molecule has 0 saturated heterocycles. The lowest BCUT2D eigenvalue weighted by Crippen LogP contribution is -2.06. The van der Waals surface area contributed by atoms with Crippen LogP contribution in [0, 0.1) is 0 Å². The molecule has 3 heteroatoms. The van der Waals surface area contributed by atoms with E-state index in [0.717, 1.165) is 21.5 Å². The molecule has 1 heterocycles. The predicted molar refractivity (Wildman–Crippen MR) is 59.4 cm³/mol. The van der Waals surface area contributed by atoms with Gasteiger partial charge in [-0.25, -0.2) is 0 Å². The molecule has 2 nitrogen and oxygen atoms in total. The Labute approximate surface area is 87.7 Å². The molecule has 1 aromatic heterocycles. The quantitative estimate of drug-likeness (QED) is 0.779. The highest BCUT2D eigenvalue weighted by Gasteiger charge is 2.08. The number of halogens is 1. The zero-order valence-corrected chi connectivity index (χ0v) is 8.62. The Morgan fingerprint density at radius 1 is 1.36 bits per heavy atom.